The molecule has 19 heteroatoms. The SMILES string of the molecule is CS(=O)(=O)c1ccc(Nc2nc(N3CCC[C@@H](NC(=O)OCCCOc4ccc5c(c4)C(=O)N(C4CCC(=O)NC4=O)C5=O)C3)cnc2C(N)=O)cc1. The smallest absolute Gasteiger partial charge is 0.407 e. The molecule has 0 bridgehead atoms. The fourth-order valence-corrected chi connectivity index (χ4v) is 6.82. The van der Waals surface area contributed by atoms with Crippen molar-refractivity contribution in [2.45, 2.75) is 49.1 Å². The van der Waals surface area contributed by atoms with E-state index in [0.717, 1.165) is 11.2 Å². The van der Waals surface area contributed by atoms with E-state index in [1.54, 1.807) is 0 Å². The topological polar surface area (TPSA) is 249 Å². The van der Waals surface area contributed by atoms with Crippen LogP contribution < -0.4 is 31.3 Å². The van der Waals surface area contributed by atoms with Crippen molar-refractivity contribution in [3.8, 4) is 5.75 Å². The zero-order valence-electron chi connectivity index (χ0n) is 28.5. The van der Waals surface area contributed by atoms with Crippen LogP contribution in [0.15, 0.2) is 53.6 Å². The number of piperidine rings is 2. The van der Waals surface area contributed by atoms with Gasteiger partial charge in [0.05, 0.1) is 35.4 Å². The molecule has 3 aliphatic heterocycles. The highest BCUT2D eigenvalue weighted by Gasteiger charge is 2.44. The van der Waals surface area contributed by atoms with E-state index in [1.807, 2.05) is 4.90 Å². The van der Waals surface area contributed by atoms with Gasteiger partial charge >= 0.3 is 6.09 Å². The molecule has 0 spiro atoms. The minimum Gasteiger partial charge on any atom is -0.493 e. The summed E-state index contributed by atoms with van der Waals surface area (Å²) in [6, 6.07) is 8.98. The molecule has 53 heavy (non-hydrogen) atoms. The van der Waals surface area contributed by atoms with Gasteiger partial charge in [-0.15, -0.1) is 0 Å². The number of benzene rings is 2. The number of rotatable bonds is 12. The molecule has 3 aromatic rings. The van der Waals surface area contributed by atoms with Crippen molar-refractivity contribution >= 4 is 62.8 Å². The van der Waals surface area contributed by atoms with Crippen molar-refractivity contribution < 1.29 is 46.7 Å². The Balaban J connectivity index is 0.972. The van der Waals surface area contributed by atoms with Crippen molar-refractivity contribution in [3.05, 3.63) is 65.5 Å². The molecule has 6 rings (SSSR count). The summed E-state index contributed by atoms with van der Waals surface area (Å²) in [7, 11) is -3.39. The van der Waals surface area contributed by atoms with Gasteiger partial charge in [0.25, 0.3) is 17.7 Å². The van der Waals surface area contributed by atoms with E-state index >= 15 is 0 Å². The fraction of sp³-hybridized carbons (Fsp3) is 0.353. The molecule has 2 aromatic carbocycles. The maximum atomic E-state index is 13.0. The van der Waals surface area contributed by atoms with Crippen LogP contribution in [-0.4, -0.2) is 104 Å². The van der Waals surface area contributed by atoms with Gasteiger partial charge in [-0.25, -0.2) is 23.2 Å². The molecule has 2 atom stereocenters. The number of carbonyl (C=O) groups is 6. The summed E-state index contributed by atoms with van der Waals surface area (Å²) in [6.07, 6.45) is 3.70. The largest absolute Gasteiger partial charge is 0.493 e. The Hall–Kier alpha value is -6.11. The van der Waals surface area contributed by atoms with E-state index in [2.05, 4.69) is 25.9 Å². The van der Waals surface area contributed by atoms with Crippen LogP contribution in [-0.2, 0) is 24.2 Å². The van der Waals surface area contributed by atoms with Gasteiger partial charge in [0, 0.05) is 43.9 Å². The number of amides is 6. The molecule has 0 saturated carbocycles. The van der Waals surface area contributed by atoms with E-state index in [1.165, 1.54) is 48.7 Å². The second kappa shape index (κ2) is 15.2. The molecule has 6 amide bonds. The summed E-state index contributed by atoms with van der Waals surface area (Å²) in [5.74, 6) is -2.36. The third-order valence-corrected chi connectivity index (χ3v) is 9.94. The average Bonchev–Trinajstić information content (AvgIpc) is 3.36. The number of carbonyl (C=O) groups excluding carboxylic acids is 6. The Kier molecular flexibility index (Phi) is 10.5. The number of primary amides is 1. The molecule has 278 valence electrons. The first-order chi connectivity index (χ1) is 25.3. The summed E-state index contributed by atoms with van der Waals surface area (Å²) in [6.45, 7) is 1.16. The maximum absolute atomic E-state index is 13.0. The predicted octanol–water partition coefficient (Wildman–Crippen LogP) is 1.29. The number of nitrogens with zero attached hydrogens (tertiary/aromatic N) is 4. The van der Waals surface area contributed by atoms with Gasteiger partial charge in [-0.1, -0.05) is 0 Å². The minimum atomic E-state index is -3.39. The molecule has 2 fully saturated rings. The number of ether oxygens (including phenoxy) is 2. The van der Waals surface area contributed by atoms with E-state index < -0.39 is 51.5 Å². The second-order valence-electron chi connectivity index (χ2n) is 12.6. The summed E-state index contributed by atoms with van der Waals surface area (Å²) < 4.78 is 34.7. The first-order valence-corrected chi connectivity index (χ1v) is 18.6. The molecule has 0 radical (unpaired) electrons. The van der Waals surface area contributed by atoms with Gasteiger partial charge in [-0.3, -0.25) is 34.2 Å². The lowest BCUT2D eigenvalue weighted by molar-refractivity contribution is -0.136. The van der Waals surface area contributed by atoms with Crippen LogP contribution in [0.2, 0.25) is 0 Å². The van der Waals surface area contributed by atoms with Crippen molar-refractivity contribution in [2.75, 3.05) is 42.8 Å². The number of imide groups is 2. The molecule has 1 aromatic heterocycles. The molecule has 1 unspecified atom stereocenters. The van der Waals surface area contributed by atoms with Crippen molar-refractivity contribution in [3.63, 3.8) is 0 Å². The standard InChI is InChI=1S/C34H36N8O10S/c1-53(49,50)22-8-5-19(6-9-22)37-30-28(29(35)44)36-17-26(39-30)41-13-2-4-20(18-41)38-34(48)52-15-3-14-51-21-7-10-23-24(16-21)33(47)42(32(23)46)25-11-12-27(43)40-31(25)45/h5-10,16-17,20,25H,2-4,11-15,18H2,1H3,(H2,35,44)(H,37,39)(H,38,48)(H,40,43,45)/t20-,25?/m1/s1. The third-order valence-electron chi connectivity index (χ3n) is 8.81. The highest BCUT2D eigenvalue weighted by atomic mass is 32.2. The van der Waals surface area contributed by atoms with Gasteiger partial charge in [-0.2, -0.15) is 0 Å². The highest BCUT2D eigenvalue weighted by Crippen LogP contribution is 2.30. The maximum Gasteiger partial charge on any atom is 0.407 e. The quantitative estimate of drug-likeness (QED) is 0.151. The summed E-state index contributed by atoms with van der Waals surface area (Å²) in [5.41, 5.74) is 6.12. The third kappa shape index (κ3) is 8.35. The Bertz CT molecular complexity index is 2090. The molecule has 3 aliphatic rings. The lowest BCUT2D eigenvalue weighted by atomic mass is 10.0. The number of alkyl carbamates (subject to hydrolysis) is 1. The Morgan fingerprint density at radius 3 is 2.49 bits per heavy atom. The average molecular weight is 749 g/mol. The second-order valence-corrected chi connectivity index (χ2v) is 14.6. The van der Waals surface area contributed by atoms with Gasteiger partial charge in [-0.05, 0) is 61.7 Å². The van der Waals surface area contributed by atoms with Crippen LogP contribution in [0.5, 0.6) is 5.75 Å². The number of fused-ring (bicyclic) bond motifs is 1. The minimum absolute atomic E-state index is 0.0232. The molecular formula is C34H36N8O10S. The van der Waals surface area contributed by atoms with Crippen LogP contribution in [0.4, 0.5) is 22.1 Å². The predicted molar refractivity (Wildman–Crippen MR) is 186 cm³/mol. The summed E-state index contributed by atoms with van der Waals surface area (Å²) in [5, 5.41) is 7.99. The van der Waals surface area contributed by atoms with E-state index in [9.17, 15) is 37.2 Å². The normalized spacial score (nSPS) is 18.7. The van der Waals surface area contributed by atoms with Crippen LogP contribution in [0, 0.1) is 0 Å². The van der Waals surface area contributed by atoms with E-state index in [-0.39, 0.29) is 59.6 Å². The fourth-order valence-electron chi connectivity index (χ4n) is 6.19. The lowest BCUT2D eigenvalue weighted by Crippen LogP contribution is -2.54. The van der Waals surface area contributed by atoms with Crippen molar-refractivity contribution in [1.29, 1.82) is 0 Å². The molecule has 18 nitrogen and oxygen atoms in total. The molecule has 4 heterocycles. The summed E-state index contributed by atoms with van der Waals surface area (Å²) >= 11 is 0. The number of aromatic nitrogens is 2. The number of nitrogens with two attached hydrogens (primary N) is 1. The first kappa shape index (κ1) is 36.7. The lowest BCUT2D eigenvalue weighted by Gasteiger charge is -2.33. The number of hydrogen-bond donors (Lipinski definition) is 4. The monoisotopic (exact) mass is 748 g/mol. The number of hydrogen-bond acceptors (Lipinski definition) is 14. The van der Waals surface area contributed by atoms with Gasteiger partial charge in [0.2, 0.25) is 11.8 Å². The van der Waals surface area contributed by atoms with Gasteiger partial charge < -0.3 is 30.7 Å². The highest BCUT2D eigenvalue weighted by molar-refractivity contribution is 7.90. The van der Waals surface area contributed by atoms with Crippen molar-refractivity contribution in [2.24, 2.45) is 5.73 Å². The number of anilines is 3. The zero-order valence-corrected chi connectivity index (χ0v) is 29.3. The van der Waals surface area contributed by atoms with Crippen molar-refractivity contribution in [1.82, 2.24) is 25.5 Å². The Labute approximate surface area is 303 Å². The first-order valence-electron chi connectivity index (χ1n) is 16.7. The van der Waals surface area contributed by atoms with Crippen LogP contribution in [0.3, 0.4) is 0 Å². The Morgan fingerprint density at radius 2 is 1.77 bits per heavy atom. The Morgan fingerprint density at radius 1 is 1.02 bits per heavy atom. The van der Waals surface area contributed by atoms with Crippen LogP contribution in [0.1, 0.15) is 63.3 Å². The number of nitrogens with one attached hydrogen (secondary N) is 3. The molecular weight excluding hydrogens is 712 g/mol. The van der Waals surface area contributed by atoms with Gasteiger partial charge in [0.1, 0.15) is 17.6 Å². The van der Waals surface area contributed by atoms with E-state index in [4.69, 9.17) is 15.2 Å². The summed E-state index contributed by atoms with van der Waals surface area (Å²) in [4.78, 5) is 86.1. The van der Waals surface area contributed by atoms with Crippen LogP contribution >= 0.6 is 0 Å². The molecule has 2 saturated heterocycles. The number of sulfone groups is 1. The van der Waals surface area contributed by atoms with E-state index in [0.29, 0.717) is 49.6 Å². The molecule has 5 N–H and O–H groups in total. The van der Waals surface area contributed by atoms with Gasteiger partial charge in [0.15, 0.2) is 21.3 Å². The molecule has 0 aliphatic carbocycles. The zero-order chi connectivity index (χ0) is 37.9. The van der Waals surface area contributed by atoms with Crippen LogP contribution in [0.25, 0.3) is 0 Å².